The van der Waals surface area contributed by atoms with Crippen LogP contribution in [0.2, 0.25) is 0 Å². The first-order chi connectivity index (χ1) is 12.7. The lowest BCUT2D eigenvalue weighted by molar-refractivity contribution is -0.159. The summed E-state index contributed by atoms with van der Waals surface area (Å²) in [6.45, 7) is -2.02. The quantitative estimate of drug-likeness (QED) is 0.643. The molecule has 0 aromatic heterocycles. The molecule has 3 rings (SSSR count). The number of nitrogens with zero attached hydrogens (tertiary/aromatic N) is 1. The molecule has 0 spiro atoms. The molecule has 2 amide bonds. The van der Waals surface area contributed by atoms with Crippen LogP contribution >= 0.6 is 0 Å². The Morgan fingerprint density at radius 3 is 2.30 bits per heavy atom. The van der Waals surface area contributed by atoms with Gasteiger partial charge in [0.15, 0.2) is 0 Å². The van der Waals surface area contributed by atoms with Crippen molar-refractivity contribution in [3.05, 3.63) is 35.9 Å². The Hall–Kier alpha value is -2.38. The van der Waals surface area contributed by atoms with Crippen LogP contribution in [0.3, 0.4) is 0 Å². The largest absolute Gasteiger partial charge is 0.406 e. The predicted molar refractivity (Wildman–Crippen MR) is 90.7 cm³/mol. The van der Waals surface area contributed by atoms with Gasteiger partial charge in [-0.2, -0.15) is 13.2 Å². The van der Waals surface area contributed by atoms with Gasteiger partial charge in [0.25, 0.3) is 5.91 Å². The number of hydrogen-bond donors (Lipinski definition) is 1. The van der Waals surface area contributed by atoms with Gasteiger partial charge < -0.3 is 10.2 Å². The normalized spacial score (nSPS) is 26.3. The van der Waals surface area contributed by atoms with Crippen LogP contribution in [0.15, 0.2) is 30.3 Å². The van der Waals surface area contributed by atoms with Crippen molar-refractivity contribution in [2.24, 2.45) is 5.92 Å². The Morgan fingerprint density at radius 2 is 1.70 bits per heavy atom. The number of Topliss-reactive ketones (excluding diaryl/α,β-unsaturated/α-hetero) is 1. The third-order valence-electron chi connectivity index (χ3n) is 5.25. The second-order valence-corrected chi connectivity index (χ2v) is 7.19. The summed E-state index contributed by atoms with van der Waals surface area (Å²) in [6, 6.07) is 9.94. The molecule has 2 aliphatic rings. The fourth-order valence-corrected chi connectivity index (χ4v) is 3.84. The van der Waals surface area contributed by atoms with E-state index in [1.807, 2.05) is 18.2 Å². The summed E-state index contributed by atoms with van der Waals surface area (Å²) in [5.74, 6) is -3.89. The highest BCUT2D eigenvalue weighted by Crippen LogP contribution is 2.33. The molecule has 1 saturated heterocycles. The van der Waals surface area contributed by atoms with Crippen molar-refractivity contribution < 1.29 is 27.6 Å². The van der Waals surface area contributed by atoms with E-state index in [-0.39, 0.29) is 6.04 Å². The van der Waals surface area contributed by atoms with Gasteiger partial charge in [0.2, 0.25) is 11.7 Å². The van der Waals surface area contributed by atoms with E-state index in [1.54, 1.807) is 0 Å². The fourth-order valence-electron chi connectivity index (χ4n) is 3.84. The Kier molecular flexibility index (Phi) is 5.53. The van der Waals surface area contributed by atoms with Gasteiger partial charge in [-0.1, -0.05) is 30.3 Å². The molecule has 1 aromatic rings. The molecule has 5 nitrogen and oxygen atoms in total. The lowest BCUT2D eigenvalue weighted by Gasteiger charge is -2.30. The molecule has 1 aliphatic carbocycles. The molecule has 1 saturated carbocycles. The summed E-state index contributed by atoms with van der Waals surface area (Å²) >= 11 is 0. The van der Waals surface area contributed by atoms with E-state index < -0.39 is 42.8 Å². The summed E-state index contributed by atoms with van der Waals surface area (Å²) in [7, 11) is 0. The van der Waals surface area contributed by atoms with Crippen LogP contribution in [0.1, 0.15) is 37.2 Å². The maximum absolute atomic E-state index is 12.5. The van der Waals surface area contributed by atoms with E-state index in [1.165, 1.54) is 5.56 Å². The van der Waals surface area contributed by atoms with Gasteiger partial charge in [0, 0.05) is 12.6 Å². The number of carbonyl (C=O) groups is 3. The zero-order valence-electron chi connectivity index (χ0n) is 14.7. The van der Waals surface area contributed by atoms with Gasteiger partial charge in [-0.05, 0) is 37.2 Å². The van der Waals surface area contributed by atoms with Gasteiger partial charge in [-0.15, -0.1) is 0 Å². The summed E-state index contributed by atoms with van der Waals surface area (Å²) in [5.41, 5.74) is 1.25. The summed E-state index contributed by atoms with van der Waals surface area (Å²) in [4.78, 5) is 36.3. The van der Waals surface area contributed by atoms with Crippen LogP contribution in [0.4, 0.5) is 13.2 Å². The number of carbonyl (C=O) groups excluding carboxylic acids is 3. The summed E-state index contributed by atoms with van der Waals surface area (Å²) in [5, 5.41) is 2.75. The van der Waals surface area contributed by atoms with Crippen molar-refractivity contribution in [1.82, 2.24) is 10.2 Å². The highest BCUT2D eigenvalue weighted by Gasteiger charge is 2.47. The average molecular weight is 382 g/mol. The van der Waals surface area contributed by atoms with Crippen LogP contribution in [0.25, 0.3) is 0 Å². The first-order valence-corrected chi connectivity index (χ1v) is 9.00. The summed E-state index contributed by atoms with van der Waals surface area (Å²) < 4.78 is 37.4. The van der Waals surface area contributed by atoms with Crippen molar-refractivity contribution in [2.45, 2.75) is 43.8 Å². The zero-order chi connectivity index (χ0) is 19.6. The van der Waals surface area contributed by atoms with Crippen LogP contribution in [0, 0.1) is 5.92 Å². The van der Waals surface area contributed by atoms with E-state index in [0.29, 0.717) is 10.8 Å². The molecule has 8 heteroatoms. The molecule has 1 aliphatic heterocycles. The van der Waals surface area contributed by atoms with Crippen molar-refractivity contribution in [2.75, 3.05) is 13.1 Å². The van der Waals surface area contributed by atoms with Gasteiger partial charge in [0.1, 0.15) is 12.5 Å². The number of alkyl halides is 3. The second-order valence-electron chi connectivity index (χ2n) is 7.19. The Bertz CT molecular complexity index is 713. The molecule has 1 atom stereocenters. The van der Waals surface area contributed by atoms with Crippen molar-refractivity contribution >= 4 is 17.6 Å². The molecule has 146 valence electrons. The number of benzene rings is 1. The van der Waals surface area contributed by atoms with Crippen LogP contribution in [-0.4, -0.2) is 47.8 Å². The van der Waals surface area contributed by atoms with Gasteiger partial charge in [0.05, 0.1) is 0 Å². The molecule has 1 N–H and O–H groups in total. The molecular formula is C19H21F3N2O3. The summed E-state index contributed by atoms with van der Waals surface area (Å²) in [6.07, 6.45) is -1.38. The van der Waals surface area contributed by atoms with E-state index in [2.05, 4.69) is 17.4 Å². The fraction of sp³-hybridized carbons (Fsp3) is 0.526. The second kappa shape index (κ2) is 7.70. The van der Waals surface area contributed by atoms with E-state index in [0.717, 1.165) is 25.7 Å². The monoisotopic (exact) mass is 382 g/mol. The number of nitrogens with one attached hydrogen (secondary N) is 1. The highest BCUT2D eigenvalue weighted by atomic mass is 19.4. The number of hydrogen-bond acceptors (Lipinski definition) is 3. The van der Waals surface area contributed by atoms with Gasteiger partial charge >= 0.3 is 6.18 Å². The van der Waals surface area contributed by atoms with Crippen molar-refractivity contribution in [3.8, 4) is 0 Å². The first kappa shape index (κ1) is 19.4. The standard InChI is InChI=1S/C19H21F3N2O3/c20-19(21,22)11-24-10-15(16(25)18(24)27)17(26)23-14-8-6-13(7-9-14)12-4-2-1-3-5-12/h1-5,13-15H,6-11H2,(H,23,26). The Labute approximate surface area is 154 Å². The number of amides is 2. The third-order valence-corrected chi connectivity index (χ3v) is 5.25. The van der Waals surface area contributed by atoms with E-state index >= 15 is 0 Å². The van der Waals surface area contributed by atoms with Gasteiger partial charge in [-0.25, -0.2) is 0 Å². The Morgan fingerprint density at radius 1 is 1.07 bits per heavy atom. The minimum atomic E-state index is -4.60. The topological polar surface area (TPSA) is 66.5 Å². The maximum Gasteiger partial charge on any atom is 0.406 e. The highest BCUT2D eigenvalue weighted by molar-refractivity contribution is 6.42. The van der Waals surface area contributed by atoms with Crippen LogP contribution in [-0.2, 0) is 14.4 Å². The minimum absolute atomic E-state index is 0.128. The molecule has 1 unspecified atom stereocenters. The van der Waals surface area contributed by atoms with E-state index in [4.69, 9.17) is 0 Å². The minimum Gasteiger partial charge on any atom is -0.353 e. The lowest BCUT2D eigenvalue weighted by Crippen LogP contribution is -2.43. The maximum atomic E-state index is 12.5. The van der Waals surface area contributed by atoms with Crippen molar-refractivity contribution in [1.29, 1.82) is 0 Å². The molecular weight excluding hydrogens is 361 g/mol. The average Bonchev–Trinajstić information content (AvgIpc) is 2.90. The van der Waals surface area contributed by atoms with Crippen LogP contribution < -0.4 is 5.32 Å². The van der Waals surface area contributed by atoms with Crippen LogP contribution in [0.5, 0.6) is 0 Å². The zero-order valence-corrected chi connectivity index (χ0v) is 14.7. The smallest absolute Gasteiger partial charge is 0.353 e. The van der Waals surface area contributed by atoms with Gasteiger partial charge in [-0.3, -0.25) is 14.4 Å². The van der Waals surface area contributed by atoms with E-state index in [9.17, 15) is 27.6 Å². The SMILES string of the molecule is O=C(NC1CCC(c2ccccc2)CC1)C1CN(CC(F)(F)F)C(=O)C1=O. The molecule has 27 heavy (non-hydrogen) atoms. The number of ketones is 1. The predicted octanol–water partition coefficient (Wildman–Crippen LogP) is 2.42. The molecule has 1 aromatic carbocycles. The first-order valence-electron chi connectivity index (χ1n) is 9.00. The lowest BCUT2D eigenvalue weighted by atomic mass is 9.81. The molecule has 0 bridgehead atoms. The molecule has 2 fully saturated rings. The number of likely N-dealkylation sites (tertiary alicyclic amines) is 1. The Balaban J connectivity index is 1.52. The number of halogens is 3. The third kappa shape index (κ3) is 4.67. The molecule has 0 radical (unpaired) electrons. The molecule has 1 heterocycles. The number of rotatable bonds is 4. The van der Waals surface area contributed by atoms with Crippen molar-refractivity contribution in [3.63, 3.8) is 0 Å².